The van der Waals surface area contributed by atoms with Gasteiger partial charge in [-0.05, 0) is 0 Å². The SMILES string of the molecule is C=CC(=O)Oc1c(NC)cc(OC(=O)OC)c2ccccc12. The lowest BCUT2D eigenvalue weighted by atomic mass is 10.1. The lowest BCUT2D eigenvalue weighted by molar-refractivity contribution is -0.128. The van der Waals surface area contributed by atoms with Gasteiger partial charge in [0.2, 0.25) is 0 Å². The fourth-order valence-electron chi connectivity index (χ4n) is 1.97. The molecule has 0 aliphatic heterocycles. The van der Waals surface area contributed by atoms with Crippen molar-refractivity contribution in [3.8, 4) is 11.5 Å². The molecular weight excluding hydrogens is 286 g/mol. The van der Waals surface area contributed by atoms with Gasteiger partial charge < -0.3 is 19.5 Å². The van der Waals surface area contributed by atoms with Gasteiger partial charge in [0.1, 0.15) is 5.75 Å². The van der Waals surface area contributed by atoms with Crippen LogP contribution >= 0.6 is 0 Å². The Hall–Kier alpha value is -3.02. The van der Waals surface area contributed by atoms with Crippen LogP contribution in [0.2, 0.25) is 0 Å². The molecule has 0 fully saturated rings. The number of esters is 1. The van der Waals surface area contributed by atoms with Crippen LogP contribution in [-0.4, -0.2) is 26.3 Å². The molecule has 0 spiro atoms. The van der Waals surface area contributed by atoms with Crippen LogP contribution in [0, 0.1) is 0 Å². The van der Waals surface area contributed by atoms with Gasteiger partial charge in [-0.15, -0.1) is 0 Å². The molecule has 0 aromatic heterocycles. The van der Waals surface area contributed by atoms with E-state index in [2.05, 4.69) is 16.6 Å². The Bertz CT molecular complexity index is 739. The smallest absolute Gasteiger partial charge is 0.437 e. The topological polar surface area (TPSA) is 73.9 Å². The Balaban J connectivity index is 2.65. The van der Waals surface area contributed by atoms with Crippen LogP contribution in [0.3, 0.4) is 0 Å². The molecule has 0 radical (unpaired) electrons. The third-order valence-corrected chi connectivity index (χ3v) is 2.96. The zero-order valence-corrected chi connectivity index (χ0v) is 12.2. The van der Waals surface area contributed by atoms with Crippen molar-refractivity contribution in [2.75, 3.05) is 19.5 Å². The lowest BCUT2D eigenvalue weighted by Gasteiger charge is -2.15. The molecule has 0 unspecified atom stereocenters. The molecule has 0 bridgehead atoms. The summed E-state index contributed by atoms with van der Waals surface area (Å²) in [6, 6.07) is 8.63. The molecule has 0 saturated heterocycles. The van der Waals surface area contributed by atoms with Crippen molar-refractivity contribution in [3.05, 3.63) is 43.0 Å². The fraction of sp³-hybridized carbons (Fsp3) is 0.125. The molecule has 1 N–H and O–H groups in total. The van der Waals surface area contributed by atoms with Crippen molar-refractivity contribution in [2.45, 2.75) is 0 Å². The molecule has 2 aromatic rings. The first-order valence-electron chi connectivity index (χ1n) is 6.44. The summed E-state index contributed by atoms with van der Waals surface area (Å²) in [6.45, 7) is 3.38. The first-order valence-corrected chi connectivity index (χ1v) is 6.44. The molecule has 0 amide bonds. The number of methoxy groups -OCH3 is 1. The van der Waals surface area contributed by atoms with Crippen LogP contribution in [0.15, 0.2) is 43.0 Å². The maximum atomic E-state index is 11.5. The van der Waals surface area contributed by atoms with Crippen LogP contribution < -0.4 is 14.8 Å². The van der Waals surface area contributed by atoms with Gasteiger partial charge in [-0.3, -0.25) is 0 Å². The summed E-state index contributed by atoms with van der Waals surface area (Å²) in [4.78, 5) is 22.9. The number of nitrogens with one attached hydrogen (secondary N) is 1. The van der Waals surface area contributed by atoms with Crippen LogP contribution in [-0.2, 0) is 9.53 Å². The summed E-state index contributed by atoms with van der Waals surface area (Å²) in [5, 5.41) is 4.13. The van der Waals surface area contributed by atoms with E-state index >= 15 is 0 Å². The van der Waals surface area contributed by atoms with Crippen molar-refractivity contribution in [3.63, 3.8) is 0 Å². The molecule has 0 aliphatic carbocycles. The number of hydrogen-bond donors (Lipinski definition) is 1. The van der Waals surface area contributed by atoms with Gasteiger partial charge in [0.15, 0.2) is 5.75 Å². The van der Waals surface area contributed by atoms with Crippen molar-refractivity contribution >= 4 is 28.6 Å². The highest BCUT2D eigenvalue weighted by Gasteiger charge is 2.17. The predicted octanol–water partition coefficient (Wildman–Crippen LogP) is 3.12. The van der Waals surface area contributed by atoms with E-state index < -0.39 is 12.1 Å². The minimum atomic E-state index is -0.831. The summed E-state index contributed by atoms with van der Waals surface area (Å²) in [6.07, 6.45) is 0.246. The number of fused-ring (bicyclic) bond motifs is 1. The van der Waals surface area contributed by atoms with Crippen molar-refractivity contribution in [1.82, 2.24) is 0 Å². The van der Waals surface area contributed by atoms with Gasteiger partial charge in [0.05, 0.1) is 12.8 Å². The van der Waals surface area contributed by atoms with Crippen molar-refractivity contribution in [1.29, 1.82) is 0 Å². The maximum Gasteiger partial charge on any atom is 0.513 e. The van der Waals surface area contributed by atoms with Crippen LogP contribution in [0.5, 0.6) is 11.5 Å². The van der Waals surface area contributed by atoms with E-state index in [1.807, 2.05) is 0 Å². The highest BCUT2D eigenvalue weighted by atomic mass is 16.7. The van der Waals surface area contributed by atoms with Gasteiger partial charge in [-0.1, -0.05) is 30.8 Å². The highest BCUT2D eigenvalue weighted by Crippen LogP contribution is 2.40. The molecule has 2 aromatic carbocycles. The van der Waals surface area contributed by atoms with Crippen molar-refractivity contribution < 1.29 is 23.8 Å². The lowest BCUT2D eigenvalue weighted by Crippen LogP contribution is -2.10. The summed E-state index contributed by atoms with van der Waals surface area (Å²) in [5.41, 5.74) is 0.493. The Kier molecular flexibility index (Phi) is 4.63. The predicted molar refractivity (Wildman–Crippen MR) is 82.4 cm³/mol. The van der Waals surface area contributed by atoms with Crippen LogP contribution in [0.1, 0.15) is 0 Å². The quantitative estimate of drug-likeness (QED) is 0.405. The summed E-state index contributed by atoms with van der Waals surface area (Å²) < 4.78 is 14.9. The molecular formula is C16H15NO5. The first-order chi connectivity index (χ1) is 10.6. The third kappa shape index (κ3) is 3.01. The summed E-state index contributed by atoms with van der Waals surface area (Å²) in [5.74, 6) is 0.0497. The second-order valence-corrected chi connectivity index (χ2v) is 4.23. The molecule has 2 rings (SSSR count). The van der Waals surface area contributed by atoms with Gasteiger partial charge in [0.25, 0.3) is 0 Å². The van der Waals surface area contributed by atoms with Gasteiger partial charge in [0, 0.05) is 30.0 Å². The maximum absolute atomic E-state index is 11.5. The van der Waals surface area contributed by atoms with Gasteiger partial charge in [-0.2, -0.15) is 0 Å². The Morgan fingerprint density at radius 1 is 1.18 bits per heavy atom. The zero-order valence-electron chi connectivity index (χ0n) is 12.2. The molecule has 0 aliphatic rings. The molecule has 6 nitrogen and oxygen atoms in total. The zero-order chi connectivity index (χ0) is 16.1. The number of carbonyl (C=O) groups is 2. The average molecular weight is 301 g/mol. The molecule has 0 saturated carbocycles. The number of carbonyl (C=O) groups excluding carboxylic acids is 2. The third-order valence-electron chi connectivity index (χ3n) is 2.96. The van der Waals surface area contributed by atoms with Gasteiger partial charge in [-0.25, -0.2) is 9.59 Å². The summed E-state index contributed by atoms with van der Waals surface area (Å²) in [7, 11) is 2.89. The van der Waals surface area contributed by atoms with E-state index in [4.69, 9.17) is 9.47 Å². The van der Waals surface area contributed by atoms with E-state index in [1.165, 1.54) is 7.11 Å². The van der Waals surface area contributed by atoms with Gasteiger partial charge >= 0.3 is 12.1 Å². The molecule has 0 heterocycles. The standard InChI is InChI=1S/C16H15NO5/c1-4-14(18)22-15-11-8-6-5-7-10(11)13(9-12(15)17-2)21-16(19)20-3/h4-9,17H,1H2,2-3H3. The van der Waals surface area contributed by atoms with E-state index in [1.54, 1.807) is 37.4 Å². The fourth-order valence-corrected chi connectivity index (χ4v) is 1.97. The van der Waals surface area contributed by atoms with E-state index in [0.29, 0.717) is 28.0 Å². The Morgan fingerprint density at radius 3 is 2.45 bits per heavy atom. The minimum absolute atomic E-state index is 0.296. The second-order valence-electron chi connectivity index (χ2n) is 4.23. The van der Waals surface area contributed by atoms with E-state index in [-0.39, 0.29) is 0 Å². The molecule has 22 heavy (non-hydrogen) atoms. The monoisotopic (exact) mass is 301 g/mol. The normalized spacial score (nSPS) is 9.91. The number of rotatable bonds is 4. The first kappa shape index (κ1) is 15.4. The summed E-state index contributed by atoms with van der Waals surface area (Å²) >= 11 is 0. The second kappa shape index (κ2) is 6.62. The molecule has 6 heteroatoms. The van der Waals surface area contributed by atoms with E-state index in [0.717, 1.165) is 6.08 Å². The van der Waals surface area contributed by atoms with Crippen LogP contribution in [0.25, 0.3) is 10.8 Å². The largest absolute Gasteiger partial charge is 0.513 e. The van der Waals surface area contributed by atoms with Crippen molar-refractivity contribution in [2.24, 2.45) is 0 Å². The highest BCUT2D eigenvalue weighted by molar-refractivity contribution is 6.01. The number of hydrogen-bond acceptors (Lipinski definition) is 6. The molecule has 0 atom stereocenters. The van der Waals surface area contributed by atoms with Crippen LogP contribution in [0.4, 0.5) is 10.5 Å². The number of ether oxygens (including phenoxy) is 3. The number of anilines is 1. The minimum Gasteiger partial charge on any atom is -0.437 e. The Labute approximate surface area is 127 Å². The Morgan fingerprint density at radius 2 is 1.86 bits per heavy atom. The van der Waals surface area contributed by atoms with E-state index in [9.17, 15) is 9.59 Å². The average Bonchev–Trinajstić information content (AvgIpc) is 2.56. The number of benzene rings is 2. The molecule has 114 valence electrons.